The molecule has 19 heavy (non-hydrogen) atoms. The number of aromatic nitrogens is 3. The molecule has 0 aromatic carbocycles. The third-order valence-electron chi connectivity index (χ3n) is 2.39. The first kappa shape index (κ1) is 14.0. The molecule has 2 rings (SSSR count). The lowest BCUT2D eigenvalue weighted by Crippen LogP contribution is -2.12. The summed E-state index contributed by atoms with van der Waals surface area (Å²) in [5, 5.41) is 7.11. The van der Waals surface area contributed by atoms with Crippen molar-refractivity contribution in [3.05, 3.63) is 22.1 Å². The Kier molecular flexibility index (Phi) is 4.94. The van der Waals surface area contributed by atoms with Crippen LogP contribution in [0, 0.1) is 6.92 Å². The lowest BCUT2D eigenvalue weighted by molar-refractivity contribution is 0.924. The molecule has 2 aromatic heterocycles. The van der Waals surface area contributed by atoms with Crippen molar-refractivity contribution in [3.8, 4) is 0 Å². The van der Waals surface area contributed by atoms with E-state index >= 15 is 0 Å². The molecule has 4 N–H and O–H groups in total. The molecule has 0 saturated heterocycles. The van der Waals surface area contributed by atoms with Gasteiger partial charge in [0.2, 0.25) is 0 Å². The molecule has 0 fully saturated rings. The molecule has 0 spiro atoms. The third kappa shape index (κ3) is 4.05. The highest BCUT2D eigenvalue weighted by Crippen LogP contribution is 2.16. The van der Waals surface area contributed by atoms with E-state index in [9.17, 15) is 0 Å². The van der Waals surface area contributed by atoms with Crippen molar-refractivity contribution in [1.29, 1.82) is 0 Å². The minimum absolute atomic E-state index is 0.603. The van der Waals surface area contributed by atoms with Gasteiger partial charge in [-0.1, -0.05) is 11.8 Å². The number of anilines is 2. The Labute approximate surface area is 120 Å². The van der Waals surface area contributed by atoms with E-state index in [2.05, 4.69) is 31.1 Å². The second kappa shape index (κ2) is 6.69. The number of hydrogen-bond acceptors (Lipinski definition) is 8. The number of hydrazine groups is 1. The number of hydrogen-bond donors (Lipinski definition) is 3. The number of nitrogens with one attached hydrogen (secondary N) is 2. The van der Waals surface area contributed by atoms with E-state index < -0.39 is 0 Å². The summed E-state index contributed by atoms with van der Waals surface area (Å²) < 4.78 is 0. The van der Waals surface area contributed by atoms with Gasteiger partial charge in [0.25, 0.3) is 0 Å². The molecule has 0 aliphatic heterocycles. The number of rotatable bonds is 6. The van der Waals surface area contributed by atoms with E-state index in [-0.39, 0.29) is 0 Å². The Morgan fingerprint density at radius 1 is 1.32 bits per heavy atom. The van der Waals surface area contributed by atoms with Crippen molar-refractivity contribution in [2.75, 3.05) is 23.5 Å². The van der Waals surface area contributed by atoms with E-state index in [0.29, 0.717) is 11.0 Å². The number of nitrogen functional groups attached to an aromatic ring is 1. The summed E-state index contributed by atoms with van der Waals surface area (Å²) in [5.41, 5.74) is 3.64. The van der Waals surface area contributed by atoms with Crippen LogP contribution in [0.25, 0.3) is 0 Å². The molecular formula is C11H16N6S2. The highest BCUT2D eigenvalue weighted by Gasteiger charge is 2.03. The Bertz CT molecular complexity index is 519. The Morgan fingerprint density at radius 2 is 2.11 bits per heavy atom. The van der Waals surface area contributed by atoms with Crippen molar-refractivity contribution in [2.45, 2.75) is 18.5 Å². The van der Waals surface area contributed by atoms with Crippen LogP contribution in [0.5, 0.6) is 0 Å². The van der Waals surface area contributed by atoms with Crippen LogP contribution in [-0.4, -0.2) is 27.8 Å². The van der Waals surface area contributed by atoms with Gasteiger partial charge in [0.15, 0.2) is 5.16 Å². The van der Waals surface area contributed by atoms with Gasteiger partial charge >= 0.3 is 0 Å². The highest BCUT2D eigenvalue weighted by molar-refractivity contribution is 7.98. The number of thioether (sulfide) groups is 1. The molecule has 0 aliphatic rings. The zero-order valence-corrected chi connectivity index (χ0v) is 12.4. The lowest BCUT2D eigenvalue weighted by Gasteiger charge is -2.08. The van der Waals surface area contributed by atoms with Crippen LogP contribution >= 0.6 is 23.1 Å². The monoisotopic (exact) mass is 296 g/mol. The number of nitrogens with zero attached hydrogens (tertiary/aromatic N) is 3. The fraction of sp³-hybridized carbons (Fsp3) is 0.364. The van der Waals surface area contributed by atoms with Gasteiger partial charge in [0.05, 0.1) is 10.7 Å². The van der Waals surface area contributed by atoms with Crippen molar-refractivity contribution >= 4 is 34.7 Å². The second-order valence-electron chi connectivity index (χ2n) is 3.80. The van der Waals surface area contributed by atoms with Crippen molar-refractivity contribution < 1.29 is 0 Å². The number of nitrogens with two attached hydrogens (primary N) is 1. The zero-order valence-electron chi connectivity index (χ0n) is 10.8. The summed E-state index contributed by atoms with van der Waals surface area (Å²) in [6, 6.07) is 1.78. The minimum Gasteiger partial charge on any atom is -0.369 e. The standard InChI is InChI=1S/C11H16N6S2/c1-7-14-8(6-19-7)3-4-13-9-5-10(17-12)16-11(15-9)18-2/h5-6H,3-4,12H2,1-2H3,(H2,13,15,16,17). The van der Waals surface area contributed by atoms with Gasteiger partial charge < -0.3 is 10.7 Å². The van der Waals surface area contributed by atoms with Crippen molar-refractivity contribution in [3.63, 3.8) is 0 Å². The molecule has 102 valence electrons. The van der Waals surface area contributed by atoms with Gasteiger partial charge in [-0.3, -0.25) is 0 Å². The zero-order chi connectivity index (χ0) is 13.7. The molecule has 6 nitrogen and oxygen atoms in total. The van der Waals surface area contributed by atoms with E-state index in [4.69, 9.17) is 5.84 Å². The van der Waals surface area contributed by atoms with E-state index in [1.54, 1.807) is 17.4 Å². The maximum absolute atomic E-state index is 5.38. The van der Waals surface area contributed by atoms with Crippen molar-refractivity contribution in [1.82, 2.24) is 15.0 Å². The summed E-state index contributed by atoms with van der Waals surface area (Å²) in [6.07, 6.45) is 2.80. The van der Waals surface area contributed by atoms with E-state index in [1.807, 2.05) is 13.2 Å². The van der Waals surface area contributed by atoms with Gasteiger partial charge in [0.1, 0.15) is 11.6 Å². The van der Waals surface area contributed by atoms with Gasteiger partial charge in [0, 0.05) is 24.4 Å². The molecule has 0 radical (unpaired) electrons. The quantitative estimate of drug-likeness (QED) is 0.325. The fourth-order valence-corrected chi connectivity index (χ4v) is 2.55. The first-order chi connectivity index (χ1) is 9.21. The molecule has 0 bridgehead atoms. The molecule has 2 aromatic rings. The minimum atomic E-state index is 0.603. The second-order valence-corrected chi connectivity index (χ2v) is 5.64. The van der Waals surface area contributed by atoms with E-state index in [1.165, 1.54) is 11.8 Å². The molecular weight excluding hydrogens is 280 g/mol. The summed E-state index contributed by atoms with van der Waals surface area (Å²) in [7, 11) is 0. The molecule has 0 saturated carbocycles. The van der Waals surface area contributed by atoms with Crippen LogP contribution in [0.15, 0.2) is 16.6 Å². The normalized spacial score (nSPS) is 10.5. The average Bonchev–Trinajstić information content (AvgIpc) is 2.84. The van der Waals surface area contributed by atoms with Crippen molar-refractivity contribution in [2.24, 2.45) is 5.84 Å². The summed E-state index contributed by atoms with van der Waals surface area (Å²) in [6.45, 7) is 2.79. The lowest BCUT2D eigenvalue weighted by atomic mass is 10.3. The first-order valence-corrected chi connectivity index (χ1v) is 7.86. The number of thiazole rings is 1. The predicted octanol–water partition coefficient (Wildman–Crippen LogP) is 1.90. The Balaban J connectivity index is 1.95. The highest BCUT2D eigenvalue weighted by atomic mass is 32.2. The third-order valence-corrected chi connectivity index (χ3v) is 3.76. The summed E-state index contributed by atoms with van der Waals surface area (Å²) >= 11 is 3.15. The maximum atomic E-state index is 5.38. The van der Waals surface area contributed by atoms with Gasteiger partial charge in [-0.25, -0.2) is 20.8 Å². The Morgan fingerprint density at radius 3 is 2.74 bits per heavy atom. The topological polar surface area (TPSA) is 88.8 Å². The molecule has 8 heteroatoms. The number of aryl methyl sites for hydroxylation is 1. The van der Waals surface area contributed by atoms with Crippen LogP contribution in [0.4, 0.5) is 11.6 Å². The molecule has 0 amide bonds. The summed E-state index contributed by atoms with van der Waals surface area (Å²) in [5.74, 6) is 6.75. The van der Waals surface area contributed by atoms with Gasteiger partial charge in [-0.2, -0.15) is 0 Å². The fourth-order valence-electron chi connectivity index (χ4n) is 1.52. The molecule has 0 aliphatic carbocycles. The molecule has 0 atom stereocenters. The smallest absolute Gasteiger partial charge is 0.191 e. The maximum Gasteiger partial charge on any atom is 0.191 e. The first-order valence-electron chi connectivity index (χ1n) is 5.76. The van der Waals surface area contributed by atoms with Crippen LogP contribution in [0.3, 0.4) is 0 Å². The molecule has 0 unspecified atom stereocenters. The Hall–Kier alpha value is -1.38. The predicted molar refractivity (Wildman–Crippen MR) is 80.7 cm³/mol. The summed E-state index contributed by atoms with van der Waals surface area (Å²) in [4.78, 5) is 13.0. The van der Waals surface area contributed by atoms with Crippen LogP contribution in [-0.2, 0) is 6.42 Å². The largest absolute Gasteiger partial charge is 0.369 e. The van der Waals surface area contributed by atoms with Gasteiger partial charge in [-0.05, 0) is 13.2 Å². The van der Waals surface area contributed by atoms with Crippen LogP contribution < -0.4 is 16.6 Å². The van der Waals surface area contributed by atoms with Crippen LogP contribution in [0.2, 0.25) is 0 Å². The van der Waals surface area contributed by atoms with Crippen LogP contribution in [0.1, 0.15) is 10.7 Å². The molecule has 2 heterocycles. The SMILES string of the molecule is CSc1nc(NN)cc(NCCc2csc(C)n2)n1. The average molecular weight is 296 g/mol. The van der Waals surface area contributed by atoms with E-state index in [0.717, 1.165) is 29.5 Å². The van der Waals surface area contributed by atoms with Gasteiger partial charge in [-0.15, -0.1) is 11.3 Å².